The first-order valence-corrected chi connectivity index (χ1v) is 10.8. The standard InChI is InChI=1S/C25H22F4N2O3/c1-2-34-24(33)22-20(14-9-11-16(26)12-10-14)21-18(7-4-8-19(21)32)31(23(22)30)17-6-3-5-15(13-17)25(27,28)29/h3,5-6,9-13,20H,2,4,7-8,30H2,1H3/t20-/m0/s1. The Morgan fingerprint density at radius 3 is 2.50 bits per heavy atom. The Balaban J connectivity index is 1.98. The summed E-state index contributed by atoms with van der Waals surface area (Å²) in [7, 11) is 0. The normalized spacial score (nSPS) is 18.8. The van der Waals surface area contributed by atoms with Gasteiger partial charge < -0.3 is 10.5 Å². The molecule has 2 N–H and O–H groups in total. The molecule has 34 heavy (non-hydrogen) atoms. The third-order valence-electron chi connectivity index (χ3n) is 5.92. The van der Waals surface area contributed by atoms with Crippen molar-refractivity contribution in [1.29, 1.82) is 0 Å². The highest BCUT2D eigenvalue weighted by Gasteiger charge is 2.43. The molecule has 0 fully saturated rings. The van der Waals surface area contributed by atoms with E-state index in [0.717, 1.165) is 12.1 Å². The Labute approximate surface area is 193 Å². The van der Waals surface area contributed by atoms with Crippen LogP contribution in [-0.2, 0) is 20.5 Å². The molecule has 0 aromatic heterocycles. The summed E-state index contributed by atoms with van der Waals surface area (Å²) in [4.78, 5) is 27.6. The minimum atomic E-state index is -4.59. The number of ether oxygens (including phenoxy) is 1. The van der Waals surface area contributed by atoms with Crippen molar-refractivity contribution < 1.29 is 31.9 Å². The van der Waals surface area contributed by atoms with E-state index in [2.05, 4.69) is 0 Å². The van der Waals surface area contributed by atoms with Crippen LogP contribution in [0.3, 0.4) is 0 Å². The van der Waals surface area contributed by atoms with Crippen LogP contribution in [0.15, 0.2) is 71.2 Å². The van der Waals surface area contributed by atoms with E-state index < -0.39 is 29.4 Å². The molecule has 1 atom stereocenters. The Bertz CT molecular complexity index is 1200. The van der Waals surface area contributed by atoms with Crippen LogP contribution < -0.4 is 10.6 Å². The topological polar surface area (TPSA) is 72.6 Å². The van der Waals surface area contributed by atoms with E-state index in [4.69, 9.17) is 10.5 Å². The average Bonchev–Trinajstić information content (AvgIpc) is 2.79. The van der Waals surface area contributed by atoms with Gasteiger partial charge in [-0.05, 0) is 55.7 Å². The maximum atomic E-state index is 13.6. The number of anilines is 1. The van der Waals surface area contributed by atoms with E-state index >= 15 is 0 Å². The zero-order valence-corrected chi connectivity index (χ0v) is 18.3. The number of ketones is 1. The Morgan fingerprint density at radius 2 is 1.85 bits per heavy atom. The summed E-state index contributed by atoms with van der Waals surface area (Å²) in [6, 6.07) is 9.87. The summed E-state index contributed by atoms with van der Waals surface area (Å²) in [5, 5.41) is 0. The van der Waals surface area contributed by atoms with Gasteiger partial charge in [-0.2, -0.15) is 13.2 Å². The number of alkyl halides is 3. The van der Waals surface area contributed by atoms with Gasteiger partial charge in [0.05, 0.1) is 23.7 Å². The minimum Gasteiger partial charge on any atom is -0.463 e. The number of carbonyl (C=O) groups is 2. The highest BCUT2D eigenvalue weighted by molar-refractivity contribution is 6.05. The number of nitrogens with zero attached hydrogens (tertiary/aromatic N) is 1. The summed E-state index contributed by atoms with van der Waals surface area (Å²) in [6.45, 7) is 1.63. The smallest absolute Gasteiger partial charge is 0.416 e. The second-order valence-electron chi connectivity index (χ2n) is 8.02. The maximum Gasteiger partial charge on any atom is 0.416 e. The molecule has 1 aliphatic carbocycles. The molecule has 0 radical (unpaired) electrons. The fourth-order valence-corrected chi connectivity index (χ4v) is 4.50. The highest BCUT2D eigenvalue weighted by atomic mass is 19.4. The van der Waals surface area contributed by atoms with Crippen molar-refractivity contribution in [2.24, 2.45) is 5.73 Å². The van der Waals surface area contributed by atoms with Crippen molar-refractivity contribution >= 4 is 17.4 Å². The first kappa shape index (κ1) is 23.5. The SMILES string of the molecule is CCOC(=O)C1=C(N)N(c2cccc(C(F)(F)F)c2)C2=C(C(=O)CCC2)[C@@H]1c1ccc(F)cc1. The van der Waals surface area contributed by atoms with Gasteiger partial charge in [0.15, 0.2) is 5.78 Å². The maximum absolute atomic E-state index is 13.6. The summed E-state index contributed by atoms with van der Waals surface area (Å²) in [5.41, 5.74) is 6.72. The molecule has 0 bridgehead atoms. The number of hydrogen-bond donors (Lipinski definition) is 1. The number of rotatable bonds is 4. The summed E-state index contributed by atoms with van der Waals surface area (Å²) < 4.78 is 59.1. The van der Waals surface area contributed by atoms with E-state index in [1.54, 1.807) is 6.92 Å². The van der Waals surface area contributed by atoms with Crippen LogP contribution in [0, 0.1) is 5.82 Å². The first-order chi connectivity index (χ1) is 16.1. The van der Waals surface area contributed by atoms with E-state index in [9.17, 15) is 27.2 Å². The summed E-state index contributed by atoms with van der Waals surface area (Å²) >= 11 is 0. The lowest BCUT2D eigenvalue weighted by molar-refractivity contribution is -0.139. The second-order valence-corrected chi connectivity index (χ2v) is 8.02. The molecular weight excluding hydrogens is 452 g/mol. The molecule has 4 rings (SSSR count). The lowest BCUT2D eigenvalue weighted by Crippen LogP contribution is -2.41. The van der Waals surface area contributed by atoms with Gasteiger partial charge in [-0.1, -0.05) is 18.2 Å². The third kappa shape index (κ3) is 4.18. The van der Waals surface area contributed by atoms with Crippen LogP contribution in [0.2, 0.25) is 0 Å². The lowest BCUT2D eigenvalue weighted by Gasteiger charge is -2.40. The van der Waals surface area contributed by atoms with Gasteiger partial charge in [0.2, 0.25) is 0 Å². The molecule has 0 saturated heterocycles. The van der Waals surface area contributed by atoms with Gasteiger partial charge in [0.1, 0.15) is 11.6 Å². The predicted molar refractivity (Wildman–Crippen MR) is 117 cm³/mol. The van der Waals surface area contributed by atoms with E-state index in [1.807, 2.05) is 0 Å². The minimum absolute atomic E-state index is 0.0230. The third-order valence-corrected chi connectivity index (χ3v) is 5.92. The van der Waals surface area contributed by atoms with Crippen LogP contribution in [0.5, 0.6) is 0 Å². The van der Waals surface area contributed by atoms with Gasteiger partial charge in [-0.25, -0.2) is 9.18 Å². The number of halogens is 4. The number of hydrogen-bond acceptors (Lipinski definition) is 5. The van der Waals surface area contributed by atoms with E-state index in [-0.39, 0.29) is 41.5 Å². The van der Waals surface area contributed by atoms with Crippen molar-refractivity contribution in [3.8, 4) is 0 Å². The van der Waals surface area contributed by atoms with Crippen LogP contribution >= 0.6 is 0 Å². The van der Waals surface area contributed by atoms with Crippen LogP contribution in [0.1, 0.15) is 43.2 Å². The van der Waals surface area contributed by atoms with Crippen molar-refractivity contribution in [2.45, 2.75) is 38.3 Å². The fraction of sp³-hybridized carbons (Fsp3) is 0.280. The highest BCUT2D eigenvalue weighted by Crippen LogP contribution is 2.47. The number of benzene rings is 2. The molecule has 2 aromatic carbocycles. The zero-order valence-electron chi connectivity index (χ0n) is 18.3. The number of allylic oxidation sites excluding steroid dienone is 2. The molecule has 178 valence electrons. The molecule has 9 heteroatoms. The lowest BCUT2D eigenvalue weighted by atomic mass is 9.75. The number of carbonyl (C=O) groups excluding carboxylic acids is 2. The Kier molecular flexibility index (Phi) is 6.20. The molecule has 0 saturated carbocycles. The van der Waals surface area contributed by atoms with Crippen molar-refractivity contribution in [3.05, 3.63) is 88.1 Å². The molecule has 0 amide bonds. The monoisotopic (exact) mass is 474 g/mol. The van der Waals surface area contributed by atoms with E-state index in [1.165, 1.54) is 41.3 Å². The molecule has 1 aliphatic heterocycles. The Hall–Kier alpha value is -3.62. The van der Waals surface area contributed by atoms with Crippen LogP contribution in [-0.4, -0.2) is 18.4 Å². The van der Waals surface area contributed by atoms with Crippen molar-refractivity contribution in [2.75, 3.05) is 11.5 Å². The summed E-state index contributed by atoms with van der Waals surface area (Å²) in [6.07, 6.45) is -3.54. The molecule has 5 nitrogen and oxygen atoms in total. The van der Waals surface area contributed by atoms with E-state index in [0.29, 0.717) is 24.1 Å². The largest absolute Gasteiger partial charge is 0.463 e. The van der Waals surface area contributed by atoms with Gasteiger partial charge in [-0.15, -0.1) is 0 Å². The zero-order chi connectivity index (χ0) is 24.6. The second kappa shape index (κ2) is 8.96. The Morgan fingerprint density at radius 1 is 1.15 bits per heavy atom. The number of Topliss-reactive ketones (excluding diaryl/α,β-unsaturated/α-hetero) is 1. The molecule has 0 spiro atoms. The molecule has 2 aromatic rings. The van der Waals surface area contributed by atoms with Gasteiger partial charge in [-0.3, -0.25) is 9.69 Å². The molecular formula is C25H22F4N2O3. The van der Waals surface area contributed by atoms with Crippen LogP contribution in [0.4, 0.5) is 23.2 Å². The number of nitrogens with two attached hydrogens (primary N) is 1. The number of esters is 1. The fourth-order valence-electron chi connectivity index (χ4n) is 4.50. The molecule has 2 aliphatic rings. The van der Waals surface area contributed by atoms with Gasteiger partial charge >= 0.3 is 12.1 Å². The van der Waals surface area contributed by atoms with Crippen molar-refractivity contribution in [3.63, 3.8) is 0 Å². The van der Waals surface area contributed by atoms with Crippen LogP contribution in [0.25, 0.3) is 0 Å². The van der Waals surface area contributed by atoms with Gasteiger partial charge in [0.25, 0.3) is 0 Å². The average molecular weight is 474 g/mol. The first-order valence-electron chi connectivity index (χ1n) is 10.8. The predicted octanol–water partition coefficient (Wildman–Crippen LogP) is 5.19. The molecule has 1 heterocycles. The molecule has 0 unspecified atom stereocenters. The summed E-state index contributed by atoms with van der Waals surface area (Å²) in [5.74, 6) is -2.59. The van der Waals surface area contributed by atoms with Crippen molar-refractivity contribution in [1.82, 2.24) is 0 Å². The van der Waals surface area contributed by atoms with Gasteiger partial charge in [0, 0.05) is 23.4 Å². The quantitative estimate of drug-likeness (QED) is 0.488.